The summed E-state index contributed by atoms with van der Waals surface area (Å²) in [6.45, 7) is 1.65. The summed E-state index contributed by atoms with van der Waals surface area (Å²) in [6, 6.07) is 9.19. The third kappa shape index (κ3) is 3.73. The van der Waals surface area contributed by atoms with Gasteiger partial charge in [-0.25, -0.2) is 23.2 Å². The van der Waals surface area contributed by atoms with Crippen molar-refractivity contribution in [1.82, 2.24) is 15.1 Å². The number of sulfone groups is 1. The standard InChI is InChI=1S/C21H18N4O6S/c1-12-17-18(16(21(26)27)11-24-19(17)31-25-12)23-10-13-4-3-9-22-20(13)32(28,29)15-7-5-14(30-2)6-8-15/h3-9,11H,10H2,1-2H3,(H,23,24)(H,26,27). The highest BCUT2D eigenvalue weighted by Crippen LogP contribution is 2.30. The average molecular weight is 454 g/mol. The van der Waals surface area contributed by atoms with Crippen molar-refractivity contribution in [1.29, 1.82) is 0 Å². The number of fused-ring (bicyclic) bond motifs is 1. The molecule has 0 saturated carbocycles. The molecule has 164 valence electrons. The summed E-state index contributed by atoms with van der Waals surface area (Å²) in [4.78, 5) is 19.9. The number of benzene rings is 1. The van der Waals surface area contributed by atoms with Gasteiger partial charge in [0.05, 0.1) is 28.8 Å². The predicted octanol–water partition coefficient (Wildman–Crippen LogP) is 3.08. The van der Waals surface area contributed by atoms with Gasteiger partial charge in [0.15, 0.2) is 5.03 Å². The van der Waals surface area contributed by atoms with Crippen LogP contribution in [0.15, 0.2) is 63.2 Å². The predicted molar refractivity (Wildman–Crippen MR) is 114 cm³/mol. The number of aromatic nitrogens is 3. The van der Waals surface area contributed by atoms with Gasteiger partial charge in [0.1, 0.15) is 11.3 Å². The average Bonchev–Trinajstić information content (AvgIpc) is 3.18. The van der Waals surface area contributed by atoms with Crippen LogP contribution < -0.4 is 10.1 Å². The zero-order valence-corrected chi connectivity index (χ0v) is 17.9. The van der Waals surface area contributed by atoms with Gasteiger partial charge in [-0.1, -0.05) is 11.2 Å². The number of hydrogen-bond acceptors (Lipinski definition) is 9. The van der Waals surface area contributed by atoms with E-state index in [1.807, 2.05) is 0 Å². The maximum absolute atomic E-state index is 13.2. The van der Waals surface area contributed by atoms with Crippen molar-refractivity contribution in [3.05, 3.63) is 65.6 Å². The lowest BCUT2D eigenvalue weighted by Gasteiger charge is -2.13. The van der Waals surface area contributed by atoms with Crippen LogP contribution in [-0.2, 0) is 16.4 Å². The quantitative estimate of drug-likeness (QED) is 0.427. The number of nitrogens with one attached hydrogen (secondary N) is 1. The molecule has 3 heterocycles. The molecule has 0 aliphatic heterocycles. The summed E-state index contributed by atoms with van der Waals surface area (Å²) in [6.07, 6.45) is 2.55. The van der Waals surface area contributed by atoms with Gasteiger partial charge in [0.25, 0.3) is 5.71 Å². The maximum Gasteiger partial charge on any atom is 0.339 e. The van der Waals surface area contributed by atoms with E-state index in [2.05, 4.69) is 20.4 Å². The second-order valence-electron chi connectivity index (χ2n) is 6.80. The summed E-state index contributed by atoms with van der Waals surface area (Å²) in [5, 5.41) is 16.7. The molecule has 2 N–H and O–H groups in total. The fourth-order valence-corrected chi connectivity index (χ4v) is 4.66. The number of carboxylic acid groups (broad SMARTS) is 1. The smallest absolute Gasteiger partial charge is 0.339 e. The van der Waals surface area contributed by atoms with Crippen molar-refractivity contribution < 1.29 is 27.6 Å². The maximum atomic E-state index is 13.2. The summed E-state index contributed by atoms with van der Waals surface area (Å²) in [5.41, 5.74) is 1.13. The van der Waals surface area contributed by atoms with E-state index in [9.17, 15) is 18.3 Å². The molecule has 1 aromatic carbocycles. The molecule has 10 nitrogen and oxygen atoms in total. The van der Waals surface area contributed by atoms with Gasteiger partial charge in [0, 0.05) is 24.5 Å². The summed E-state index contributed by atoms with van der Waals surface area (Å²) in [7, 11) is -2.44. The molecule has 11 heteroatoms. The molecule has 0 aliphatic rings. The second-order valence-corrected chi connectivity index (χ2v) is 8.67. The van der Waals surface area contributed by atoms with E-state index in [4.69, 9.17) is 9.26 Å². The Morgan fingerprint density at radius 3 is 2.62 bits per heavy atom. The van der Waals surface area contributed by atoms with Crippen molar-refractivity contribution in [2.24, 2.45) is 0 Å². The molecular formula is C21H18N4O6S. The summed E-state index contributed by atoms with van der Waals surface area (Å²) < 4.78 is 36.6. The van der Waals surface area contributed by atoms with E-state index in [0.29, 0.717) is 22.4 Å². The van der Waals surface area contributed by atoms with Crippen molar-refractivity contribution in [2.45, 2.75) is 23.4 Å². The van der Waals surface area contributed by atoms with Crippen LogP contribution in [0.3, 0.4) is 0 Å². The SMILES string of the molecule is COc1ccc(S(=O)(=O)c2ncccc2CNc2c(C(=O)O)cnc3onc(C)c23)cc1. The molecule has 4 rings (SSSR count). The molecular weight excluding hydrogens is 436 g/mol. The lowest BCUT2D eigenvalue weighted by Crippen LogP contribution is -2.13. The summed E-state index contributed by atoms with van der Waals surface area (Å²) >= 11 is 0. The number of carbonyl (C=O) groups is 1. The largest absolute Gasteiger partial charge is 0.497 e. The first kappa shape index (κ1) is 21.2. The van der Waals surface area contributed by atoms with Crippen LogP contribution in [0, 0.1) is 6.92 Å². The highest BCUT2D eigenvalue weighted by atomic mass is 32.2. The number of aromatic carboxylic acids is 1. The van der Waals surface area contributed by atoms with Gasteiger partial charge in [0.2, 0.25) is 9.84 Å². The normalized spacial score (nSPS) is 11.4. The van der Waals surface area contributed by atoms with Crippen molar-refractivity contribution in [3.8, 4) is 5.75 Å². The van der Waals surface area contributed by atoms with E-state index in [1.165, 1.54) is 25.4 Å². The van der Waals surface area contributed by atoms with Gasteiger partial charge < -0.3 is 19.7 Å². The van der Waals surface area contributed by atoms with Gasteiger partial charge in [-0.15, -0.1) is 0 Å². The lowest BCUT2D eigenvalue weighted by atomic mass is 10.1. The topological polar surface area (TPSA) is 145 Å². The van der Waals surface area contributed by atoms with Gasteiger partial charge in [-0.05, 0) is 37.3 Å². The first-order valence-corrected chi connectivity index (χ1v) is 10.9. The minimum absolute atomic E-state index is 0.0113. The Morgan fingerprint density at radius 1 is 1.19 bits per heavy atom. The molecule has 32 heavy (non-hydrogen) atoms. The Kier molecular flexibility index (Phi) is 5.49. The van der Waals surface area contributed by atoms with Crippen LogP contribution in [0.2, 0.25) is 0 Å². The Balaban J connectivity index is 1.73. The van der Waals surface area contributed by atoms with Crippen LogP contribution in [0.1, 0.15) is 21.6 Å². The number of anilines is 1. The molecule has 0 bridgehead atoms. The van der Waals surface area contributed by atoms with Gasteiger partial charge in [-0.3, -0.25) is 0 Å². The molecule has 4 aromatic rings. The first-order valence-electron chi connectivity index (χ1n) is 9.38. The third-order valence-corrected chi connectivity index (χ3v) is 6.60. The number of hydrogen-bond donors (Lipinski definition) is 2. The molecule has 0 atom stereocenters. The molecule has 0 fully saturated rings. The molecule has 0 saturated heterocycles. The molecule has 3 aromatic heterocycles. The lowest BCUT2D eigenvalue weighted by molar-refractivity contribution is 0.0697. The minimum Gasteiger partial charge on any atom is -0.497 e. The molecule has 0 spiro atoms. The van der Waals surface area contributed by atoms with Gasteiger partial charge >= 0.3 is 5.97 Å². The number of nitrogens with zero attached hydrogens (tertiary/aromatic N) is 3. The van der Waals surface area contributed by atoms with Crippen LogP contribution in [-0.4, -0.2) is 41.7 Å². The van der Waals surface area contributed by atoms with E-state index >= 15 is 0 Å². The highest BCUT2D eigenvalue weighted by Gasteiger charge is 2.24. The van der Waals surface area contributed by atoms with Crippen LogP contribution in [0.5, 0.6) is 5.75 Å². The molecule has 0 unspecified atom stereocenters. The third-order valence-electron chi connectivity index (χ3n) is 4.84. The zero-order valence-electron chi connectivity index (χ0n) is 17.1. The van der Waals surface area contributed by atoms with E-state index in [-0.39, 0.29) is 33.4 Å². The number of pyridine rings is 2. The first-order chi connectivity index (χ1) is 15.3. The van der Waals surface area contributed by atoms with E-state index in [1.54, 1.807) is 31.2 Å². The number of aryl methyl sites for hydroxylation is 1. The fourth-order valence-electron chi connectivity index (χ4n) is 3.25. The zero-order chi connectivity index (χ0) is 22.9. The number of rotatable bonds is 7. The van der Waals surface area contributed by atoms with Crippen LogP contribution in [0.4, 0.5) is 5.69 Å². The van der Waals surface area contributed by atoms with Crippen LogP contribution >= 0.6 is 0 Å². The van der Waals surface area contributed by atoms with Crippen molar-refractivity contribution >= 4 is 32.6 Å². The highest BCUT2D eigenvalue weighted by molar-refractivity contribution is 7.91. The molecule has 0 aliphatic carbocycles. The molecule has 0 radical (unpaired) electrons. The Labute approximate surface area is 182 Å². The second kappa shape index (κ2) is 8.27. The van der Waals surface area contributed by atoms with E-state index in [0.717, 1.165) is 6.20 Å². The number of carboxylic acids is 1. The van der Waals surface area contributed by atoms with E-state index < -0.39 is 15.8 Å². The number of ether oxygens (including phenoxy) is 1. The fraction of sp³-hybridized carbons (Fsp3) is 0.143. The monoisotopic (exact) mass is 454 g/mol. The Bertz CT molecular complexity index is 1410. The van der Waals surface area contributed by atoms with Gasteiger partial charge in [-0.2, -0.15) is 0 Å². The van der Waals surface area contributed by atoms with Crippen LogP contribution in [0.25, 0.3) is 11.1 Å². The van der Waals surface area contributed by atoms with Crippen molar-refractivity contribution in [3.63, 3.8) is 0 Å². The van der Waals surface area contributed by atoms with Crippen molar-refractivity contribution in [2.75, 3.05) is 12.4 Å². The summed E-state index contributed by atoms with van der Waals surface area (Å²) in [5.74, 6) is -0.668. The Morgan fingerprint density at radius 2 is 1.94 bits per heavy atom. The number of methoxy groups -OCH3 is 1. The molecule has 0 amide bonds. The minimum atomic E-state index is -3.93. The Hall–Kier alpha value is -3.99.